The van der Waals surface area contributed by atoms with Gasteiger partial charge in [0, 0.05) is 5.56 Å². The van der Waals surface area contributed by atoms with Crippen LogP contribution in [0.3, 0.4) is 0 Å². The van der Waals surface area contributed by atoms with Crippen molar-refractivity contribution in [2.75, 3.05) is 0 Å². The molecule has 0 saturated heterocycles. The van der Waals surface area contributed by atoms with Crippen LogP contribution in [-0.4, -0.2) is 11.7 Å². The van der Waals surface area contributed by atoms with Crippen LogP contribution in [0.25, 0.3) is 0 Å². The number of fused-ring (bicyclic) bond motifs is 1. The Morgan fingerprint density at radius 2 is 1.81 bits per heavy atom. The van der Waals surface area contributed by atoms with Gasteiger partial charge in [0.05, 0.1) is 11.3 Å². The number of nitrogens with zero attached hydrogens (tertiary/aromatic N) is 1. The minimum atomic E-state index is -0.412. The van der Waals surface area contributed by atoms with Gasteiger partial charge in [-0.15, -0.1) is 0 Å². The molecule has 2 aromatic carbocycles. The molecule has 0 radical (unpaired) electrons. The first-order valence-electron chi connectivity index (χ1n) is 7.17. The molecule has 0 bridgehead atoms. The normalized spacial score (nSPS) is 15.6. The standard InChI is InChI=1S/C18H17NO2/c1-13-9-11-15(12-10-13)18(20)21-19-17-8-4-6-14-5-2-3-7-16(14)17/h2-3,5,7,9-12H,4,6,8H2,1H3/b19-17-. The lowest BCUT2D eigenvalue weighted by Crippen LogP contribution is -2.13. The van der Waals surface area contributed by atoms with Crippen molar-refractivity contribution >= 4 is 11.7 Å². The highest BCUT2D eigenvalue weighted by atomic mass is 16.7. The van der Waals surface area contributed by atoms with E-state index >= 15 is 0 Å². The Bertz CT molecular complexity index is 687. The largest absolute Gasteiger partial charge is 0.365 e. The second-order valence-corrected chi connectivity index (χ2v) is 5.29. The Labute approximate surface area is 124 Å². The highest BCUT2D eigenvalue weighted by Gasteiger charge is 2.16. The van der Waals surface area contributed by atoms with Crippen molar-refractivity contribution in [2.45, 2.75) is 26.2 Å². The van der Waals surface area contributed by atoms with Gasteiger partial charge in [-0.2, -0.15) is 0 Å². The molecule has 0 N–H and O–H groups in total. The molecule has 106 valence electrons. The summed E-state index contributed by atoms with van der Waals surface area (Å²) >= 11 is 0. The molecule has 0 unspecified atom stereocenters. The summed E-state index contributed by atoms with van der Waals surface area (Å²) in [5.41, 5.74) is 4.86. The number of rotatable bonds is 2. The fraction of sp³-hybridized carbons (Fsp3) is 0.222. The quantitative estimate of drug-likeness (QED) is 0.618. The van der Waals surface area contributed by atoms with Crippen LogP contribution in [0, 0.1) is 6.92 Å². The fourth-order valence-electron chi connectivity index (χ4n) is 2.53. The number of hydrogen-bond acceptors (Lipinski definition) is 3. The molecule has 3 rings (SSSR count). The topological polar surface area (TPSA) is 38.7 Å². The summed E-state index contributed by atoms with van der Waals surface area (Å²) < 4.78 is 0. The van der Waals surface area contributed by atoms with Crippen LogP contribution in [0.1, 0.15) is 39.9 Å². The first-order valence-corrected chi connectivity index (χ1v) is 7.17. The van der Waals surface area contributed by atoms with Gasteiger partial charge in [-0.1, -0.05) is 47.1 Å². The maximum absolute atomic E-state index is 12.0. The predicted octanol–water partition coefficient (Wildman–Crippen LogP) is 3.89. The zero-order chi connectivity index (χ0) is 14.7. The maximum Gasteiger partial charge on any atom is 0.365 e. The molecule has 0 heterocycles. The molecule has 0 aromatic heterocycles. The van der Waals surface area contributed by atoms with E-state index in [9.17, 15) is 4.79 Å². The lowest BCUT2D eigenvalue weighted by molar-refractivity contribution is 0.0515. The van der Waals surface area contributed by atoms with E-state index in [4.69, 9.17) is 4.84 Å². The smallest absolute Gasteiger partial charge is 0.313 e. The molecule has 1 aliphatic carbocycles. The highest BCUT2D eigenvalue weighted by molar-refractivity contribution is 6.03. The van der Waals surface area contributed by atoms with Crippen molar-refractivity contribution in [3.05, 3.63) is 70.8 Å². The third-order valence-electron chi connectivity index (χ3n) is 3.71. The van der Waals surface area contributed by atoms with Gasteiger partial charge >= 0.3 is 5.97 Å². The Morgan fingerprint density at radius 3 is 2.62 bits per heavy atom. The summed E-state index contributed by atoms with van der Waals surface area (Å²) in [6.07, 6.45) is 2.94. The third-order valence-corrected chi connectivity index (χ3v) is 3.71. The molecule has 3 nitrogen and oxygen atoms in total. The SMILES string of the molecule is Cc1ccc(C(=O)O/N=C2/CCCc3ccccc32)cc1. The van der Waals surface area contributed by atoms with E-state index in [-0.39, 0.29) is 0 Å². The van der Waals surface area contributed by atoms with Crippen molar-refractivity contribution in [3.63, 3.8) is 0 Å². The lowest BCUT2D eigenvalue weighted by Gasteiger charge is -2.16. The van der Waals surface area contributed by atoms with Crippen LogP contribution >= 0.6 is 0 Å². The molecular formula is C18H17NO2. The van der Waals surface area contributed by atoms with Crippen LogP contribution in [0.15, 0.2) is 53.7 Å². The monoisotopic (exact) mass is 279 g/mol. The second-order valence-electron chi connectivity index (χ2n) is 5.29. The number of carbonyl (C=O) groups is 1. The Kier molecular flexibility index (Phi) is 3.82. The average molecular weight is 279 g/mol. The minimum Gasteiger partial charge on any atom is -0.313 e. The number of benzene rings is 2. The number of carbonyl (C=O) groups excluding carboxylic acids is 1. The van der Waals surface area contributed by atoms with E-state index in [1.807, 2.05) is 37.3 Å². The molecule has 0 fully saturated rings. The summed E-state index contributed by atoms with van der Waals surface area (Å²) in [4.78, 5) is 17.1. The van der Waals surface area contributed by atoms with Gasteiger partial charge in [0.2, 0.25) is 0 Å². The second kappa shape index (κ2) is 5.92. The molecule has 1 aliphatic rings. The van der Waals surface area contributed by atoms with Crippen molar-refractivity contribution in [2.24, 2.45) is 5.16 Å². The highest BCUT2D eigenvalue weighted by Crippen LogP contribution is 2.21. The summed E-state index contributed by atoms with van der Waals surface area (Å²) in [6, 6.07) is 15.4. The van der Waals surface area contributed by atoms with Crippen LogP contribution in [0.2, 0.25) is 0 Å². The van der Waals surface area contributed by atoms with Crippen molar-refractivity contribution < 1.29 is 9.63 Å². The van der Waals surface area contributed by atoms with Crippen LogP contribution < -0.4 is 0 Å². The van der Waals surface area contributed by atoms with E-state index in [0.717, 1.165) is 36.1 Å². The Morgan fingerprint density at radius 1 is 1.05 bits per heavy atom. The van der Waals surface area contributed by atoms with E-state index in [1.165, 1.54) is 5.56 Å². The minimum absolute atomic E-state index is 0.412. The van der Waals surface area contributed by atoms with Gasteiger partial charge in [0.25, 0.3) is 0 Å². The molecule has 0 saturated carbocycles. The third kappa shape index (κ3) is 3.02. The number of hydrogen-bond donors (Lipinski definition) is 0. The zero-order valence-corrected chi connectivity index (χ0v) is 12.0. The molecule has 2 aromatic rings. The Hall–Kier alpha value is -2.42. The van der Waals surface area contributed by atoms with Crippen molar-refractivity contribution in [1.29, 1.82) is 0 Å². The number of oxime groups is 1. The molecule has 3 heteroatoms. The molecule has 0 amide bonds. The van der Waals surface area contributed by atoms with Crippen LogP contribution in [-0.2, 0) is 11.3 Å². The van der Waals surface area contributed by atoms with Gasteiger partial charge in [-0.3, -0.25) is 0 Å². The molecule has 0 atom stereocenters. The van der Waals surface area contributed by atoms with Gasteiger partial charge in [-0.05, 0) is 43.9 Å². The molecule has 0 spiro atoms. The van der Waals surface area contributed by atoms with Crippen molar-refractivity contribution in [1.82, 2.24) is 0 Å². The van der Waals surface area contributed by atoms with Crippen LogP contribution in [0.5, 0.6) is 0 Å². The molecular weight excluding hydrogens is 262 g/mol. The Balaban J connectivity index is 1.78. The van der Waals surface area contributed by atoms with E-state index < -0.39 is 5.97 Å². The maximum atomic E-state index is 12.0. The fourth-order valence-corrected chi connectivity index (χ4v) is 2.53. The average Bonchev–Trinajstić information content (AvgIpc) is 2.53. The van der Waals surface area contributed by atoms with Crippen LogP contribution in [0.4, 0.5) is 0 Å². The first-order chi connectivity index (χ1) is 10.2. The van der Waals surface area contributed by atoms with Gasteiger partial charge in [0.1, 0.15) is 0 Å². The number of aryl methyl sites for hydroxylation is 2. The molecule has 0 aliphatic heterocycles. The van der Waals surface area contributed by atoms with Gasteiger partial charge < -0.3 is 4.84 Å². The lowest BCUT2D eigenvalue weighted by atomic mass is 9.90. The van der Waals surface area contributed by atoms with E-state index in [0.29, 0.717) is 5.56 Å². The zero-order valence-electron chi connectivity index (χ0n) is 12.0. The van der Waals surface area contributed by atoms with Gasteiger partial charge in [-0.25, -0.2) is 4.79 Å². The predicted molar refractivity (Wildman–Crippen MR) is 82.5 cm³/mol. The first kappa shape index (κ1) is 13.6. The molecule has 21 heavy (non-hydrogen) atoms. The summed E-state index contributed by atoms with van der Waals surface area (Å²) in [5.74, 6) is -0.412. The summed E-state index contributed by atoms with van der Waals surface area (Å²) in [5, 5.41) is 4.09. The van der Waals surface area contributed by atoms with Gasteiger partial charge in [0.15, 0.2) is 0 Å². The van der Waals surface area contributed by atoms with E-state index in [1.54, 1.807) is 12.1 Å². The summed E-state index contributed by atoms with van der Waals surface area (Å²) in [6.45, 7) is 1.98. The summed E-state index contributed by atoms with van der Waals surface area (Å²) in [7, 11) is 0. The van der Waals surface area contributed by atoms with Crippen molar-refractivity contribution in [3.8, 4) is 0 Å². The van der Waals surface area contributed by atoms with E-state index in [2.05, 4.69) is 11.2 Å².